The van der Waals surface area contributed by atoms with E-state index < -0.39 is 39.7 Å². The zero-order valence-corrected chi connectivity index (χ0v) is 20.0. The molecule has 8 nitrogen and oxygen atoms in total. The zero-order valence-electron chi connectivity index (χ0n) is 19.2. The van der Waals surface area contributed by atoms with Gasteiger partial charge in [0.25, 0.3) is 5.78 Å². The molecular formula is C23H19F6N3O5S. The van der Waals surface area contributed by atoms with Gasteiger partial charge in [-0.1, -0.05) is 30.3 Å². The van der Waals surface area contributed by atoms with Crippen molar-refractivity contribution >= 4 is 38.4 Å². The Kier molecular flexibility index (Phi) is 8.31. The van der Waals surface area contributed by atoms with Crippen molar-refractivity contribution < 1.29 is 49.5 Å². The molecule has 2 heterocycles. The molecule has 4 rings (SSSR count). The van der Waals surface area contributed by atoms with E-state index in [9.17, 15) is 39.6 Å². The predicted molar refractivity (Wildman–Crippen MR) is 123 cm³/mol. The Balaban J connectivity index is 0.000000505. The fraction of sp³-hybridized carbons (Fsp3) is 0.261. The molecule has 1 N–H and O–H groups in total. The first-order valence-electron chi connectivity index (χ1n) is 10.7. The van der Waals surface area contributed by atoms with Gasteiger partial charge >= 0.3 is 18.3 Å². The first-order valence-corrected chi connectivity index (χ1v) is 12.2. The molecule has 0 unspecified atom stereocenters. The third-order valence-corrected chi connectivity index (χ3v) is 7.33. The predicted octanol–water partition coefficient (Wildman–Crippen LogP) is 4.12. The molecule has 38 heavy (non-hydrogen) atoms. The molecular weight excluding hydrogens is 544 g/mol. The number of hydrogen-bond acceptors (Lipinski definition) is 6. The van der Waals surface area contributed by atoms with E-state index in [1.54, 1.807) is 23.1 Å². The molecule has 0 amide bonds. The Bertz CT molecular complexity index is 1420. The summed E-state index contributed by atoms with van der Waals surface area (Å²) < 4.78 is 96.8. The highest BCUT2D eigenvalue weighted by Gasteiger charge is 2.40. The van der Waals surface area contributed by atoms with E-state index >= 15 is 0 Å². The van der Waals surface area contributed by atoms with Crippen LogP contribution in [0.5, 0.6) is 0 Å². The number of carbonyl (C=O) groups is 2. The fourth-order valence-corrected chi connectivity index (χ4v) is 4.96. The van der Waals surface area contributed by atoms with E-state index in [4.69, 9.17) is 9.90 Å². The highest BCUT2D eigenvalue weighted by atomic mass is 32.2. The number of rotatable bonds is 4. The van der Waals surface area contributed by atoms with Gasteiger partial charge in [0.05, 0.1) is 4.90 Å². The summed E-state index contributed by atoms with van der Waals surface area (Å²) in [5.74, 6) is -4.31. The normalized spacial score (nSPS) is 15.1. The minimum atomic E-state index is -5.08. The Hall–Kier alpha value is -3.72. The molecule has 0 aliphatic carbocycles. The van der Waals surface area contributed by atoms with Crippen molar-refractivity contribution in [1.82, 2.24) is 9.29 Å². The molecule has 0 radical (unpaired) electrons. The summed E-state index contributed by atoms with van der Waals surface area (Å²) in [7, 11) is -3.68. The Morgan fingerprint density at radius 1 is 0.816 bits per heavy atom. The van der Waals surface area contributed by atoms with Crippen LogP contribution in [-0.4, -0.2) is 73.1 Å². The van der Waals surface area contributed by atoms with Crippen LogP contribution >= 0.6 is 0 Å². The van der Waals surface area contributed by atoms with Crippen molar-refractivity contribution in [2.45, 2.75) is 17.2 Å². The highest BCUT2D eigenvalue weighted by Crippen LogP contribution is 2.25. The summed E-state index contributed by atoms with van der Waals surface area (Å²) >= 11 is 0. The summed E-state index contributed by atoms with van der Waals surface area (Å²) in [4.78, 5) is 26.1. The van der Waals surface area contributed by atoms with Crippen LogP contribution in [0, 0.1) is 0 Å². The number of aliphatic carboxylic acids is 1. The number of piperazine rings is 1. The van der Waals surface area contributed by atoms with Crippen molar-refractivity contribution in [2.75, 3.05) is 31.1 Å². The number of pyridine rings is 1. The van der Waals surface area contributed by atoms with Gasteiger partial charge in [-0.25, -0.2) is 18.2 Å². The molecule has 1 aliphatic heterocycles. The van der Waals surface area contributed by atoms with Gasteiger partial charge in [-0.15, -0.1) is 0 Å². The third kappa shape index (κ3) is 6.77. The fourth-order valence-electron chi connectivity index (χ4n) is 3.51. The van der Waals surface area contributed by atoms with Crippen LogP contribution < -0.4 is 4.90 Å². The topological polar surface area (TPSA) is 108 Å². The average Bonchev–Trinajstić information content (AvgIpc) is 2.87. The van der Waals surface area contributed by atoms with Crippen molar-refractivity contribution in [3.8, 4) is 0 Å². The Labute approximate surface area is 212 Å². The minimum Gasteiger partial charge on any atom is -0.475 e. The number of carboxylic acid groups (broad SMARTS) is 1. The van der Waals surface area contributed by atoms with E-state index in [1.807, 2.05) is 24.3 Å². The van der Waals surface area contributed by atoms with Crippen LogP contribution in [0.3, 0.4) is 0 Å². The Morgan fingerprint density at radius 3 is 1.89 bits per heavy atom. The number of fused-ring (bicyclic) bond motifs is 1. The second-order valence-corrected chi connectivity index (χ2v) is 9.87. The molecule has 3 aromatic rings. The summed E-state index contributed by atoms with van der Waals surface area (Å²) in [6, 6.07) is 14.9. The van der Waals surface area contributed by atoms with Crippen LogP contribution in [0.15, 0.2) is 65.7 Å². The van der Waals surface area contributed by atoms with Crippen LogP contribution in [0.2, 0.25) is 0 Å². The molecule has 1 aromatic heterocycles. The molecule has 0 saturated carbocycles. The molecule has 0 atom stereocenters. The molecule has 1 saturated heterocycles. The van der Waals surface area contributed by atoms with Gasteiger partial charge in [-0.2, -0.15) is 30.6 Å². The van der Waals surface area contributed by atoms with Crippen molar-refractivity contribution in [1.29, 1.82) is 0 Å². The monoisotopic (exact) mass is 563 g/mol. The number of benzene rings is 2. The minimum absolute atomic E-state index is 0.208. The van der Waals surface area contributed by atoms with E-state index in [2.05, 4.69) is 4.98 Å². The second-order valence-electron chi connectivity index (χ2n) is 7.93. The summed E-state index contributed by atoms with van der Waals surface area (Å²) in [5, 5.41) is 8.91. The lowest BCUT2D eigenvalue weighted by Gasteiger charge is -2.34. The quantitative estimate of drug-likeness (QED) is 0.376. The molecule has 1 aliphatic rings. The van der Waals surface area contributed by atoms with Gasteiger partial charge in [-0.05, 0) is 35.0 Å². The number of anilines is 1. The highest BCUT2D eigenvalue weighted by molar-refractivity contribution is 7.89. The maximum atomic E-state index is 13.0. The number of alkyl halides is 6. The smallest absolute Gasteiger partial charge is 0.475 e. The Morgan fingerprint density at radius 2 is 1.39 bits per heavy atom. The van der Waals surface area contributed by atoms with Gasteiger partial charge in [0, 0.05) is 37.9 Å². The number of Topliss-reactive ketones (excluding diaryl/α,β-unsaturated/α-hetero) is 1. The van der Waals surface area contributed by atoms with Gasteiger partial charge in [0.15, 0.2) is 0 Å². The maximum Gasteiger partial charge on any atom is 0.490 e. The lowest BCUT2D eigenvalue weighted by atomic mass is 10.1. The standard InChI is InChI=1S/C21H18F3N3O3S.C2HF3O2/c22-21(23,24)20(28)17-6-8-19(25-14-17)26-9-11-27(12-10-26)31(29,30)18-7-5-15-3-1-2-4-16(15)13-18;3-2(4,5)1(6)7/h1-8,13-14H,9-12H2;(H,6,7). The van der Waals surface area contributed by atoms with E-state index in [0.29, 0.717) is 18.9 Å². The SMILES string of the molecule is O=C(O)C(F)(F)F.O=C(c1ccc(N2CCN(S(=O)(=O)c3ccc4ccccc4c3)CC2)nc1)C(F)(F)F. The molecule has 15 heteroatoms. The lowest BCUT2D eigenvalue weighted by molar-refractivity contribution is -0.192. The van der Waals surface area contributed by atoms with Crippen molar-refractivity contribution in [3.63, 3.8) is 0 Å². The van der Waals surface area contributed by atoms with Crippen molar-refractivity contribution in [3.05, 3.63) is 66.4 Å². The number of ketones is 1. The van der Waals surface area contributed by atoms with Gasteiger partial charge < -0.3 is 10.0 Å². The average molecular weight is 563 g/mol. The largest absolute Gasteiger partial charge is 0.490 e. The molecule has 0 bridgehead atoms. The maximum absolute atomic E-state index is 13.0. The zero-order chi connectivity index (χ0) is 28.3. The molecule has 2 aromatic carbocycles. The summed E-state index contributed by atoms with van der Waals surface area (Å²) in [6.07, 6.45) is -9.14. The number of nitrogens with zero attached hydrogens (tertiary/aromatic N) is 3. The van der Waals surface area contributed by atoms with Crippen LogP contribution in [-0.2, 0) is 14.8 Å². The summed E-state index contributed by atoms with van der Waals surface area (Å²) in [6.45, 7) is 1.07. The van der Waals surface area contributed by atoms with Crippen LogP contribution in [0.25, 0.3) is 10.8 Å². The van der Waals surface area contributed by atoms with Gasteiger partial charge in [0.1, 0.15) is 5.82 Å². The van der Waals surface area contributed by atoms with Crippen LogP contribution in [0.4, 0.5) is 32.2 Å². The van der Waals surface area contributed by atoms with E-state index in [-0.39, 0.29) is 18.0 Å². The number of halogens is 6. The van der Waals surface area contributed by atoms with Crippen LogP contribution in [0.1, 0.15) is 10.4 Å². The first kappa shape index (κ1) is 28.8. The lowest BCUT2D eigenvalue weighted by Crippen LogP contribution is -2.48. The third-order valence-electron chi connectivity index (χ3n) is 5.43. The van der Waals surface area contributed by atoms with E-state index in [0.717, 1.165) is 23.0 Å². The second kappa shape index (κ2) is 10.9. The molecule has 1 fully saturated rings. The van der Waals surface area contributed by atoms with Gasteiger partial charge in [-0.3, -0.25) is 4.79 Å². The number of hydrogen-bond donors (Lipinski definition) is 1. The number of sulfonamides is 1. The number of carboxylic acids is 1. The molecule has 0 spiro atoms. The number of aromatic nitrogens is 1. The van der Waals surface area contributed by atoms with E-state index in [1.165, 1.54) is 10.4 Å². The van der Waals surface area contributed by atoms with Gasteiger partial charge in [0.2, 0.25) is 10.0 Å². The number of carbonyl (C=O) groups excluding carboxylic acids is 1. The first-order chi connectivity index (χ1) is 17.6. The summed E-state index contributed by atoms with van der Waals surface area (Å²) in [5.41, 5.74) is -0.534. The van der Waals surface area contributed by atoms with Crippen molar-refractivity contribution in [2.24, 2.45) is 0 Å². The molecule has 204 valence electrons.